The van der Waals surface area contributed by atoms with E-state index in [1.54, 1.807) is 0 Å². The Kier molecular flexibility index (Phi) is 5.12. The van der Waals surface area contributed by atoms with Gasteiger partial charge in [0.2, 0.25) is 0 Å². The molecule has 0 aliphatic carbocycles. The van der Waals surface area contributed by atoms with Crippen LogP contribution in [0.1, 0.15) is 18.1 Å². The van der Waals surface area contributed by atoms with Crippen LogP contribution in [0.2, 0.25) is 0 Å². The molecule has 0 aromatic heterocycles. The molecular weight excluding hydrogens is 256 g/mol. The molecule has 0 atom stereocenters. The number of hydrogen-bond acceptors (Lipinski definition) is 2. The van der Waals surface area contributed by atoms with Crippen LogP contribution in [0.3, 0.4) is 0 Å². The van der Waals surface area contributed by atoms with Crippen molar-refractivity contribution in [2.24, 2.45) is 0 Å². The fourth-order valence-corrected chi connectivity index (χ4v) is 2.16. The van der Waals surface area contributed by atoms with E-state index in [0.29, 0.717) is 13.2 Å². The van der Waals surface area contributed by atoms with Gasteiger partial charge in [0.1, 0.15) is 12.4 Å². The largest absolute Gasteiger partial charge is 0.491 e. The van der Waals surface area contributed by atoms with Crippen molar-refractivity contribution in [3.05, 3.63) is 27.7 Å². The summed E-state index contributed by atoms with van der Waals surface area (Å²) in [4.78, 5) is 0. The van der Waals surface area contributed by atoms with Crippen molar-refractivity contribution in [3.63, 3.8) is 0 Å². The third-order valence-electron chi connectivity index (χ3n) is 2.10. The van der Waals surface area contributed by atoms with Crippen molar-refractivity contribution in [3.8, 4) is 5.75 Å². The summed E-state index contributed by atoms with van der Waals surface area (Å²) < 4.78 is 12.0. The summed E-state index contributed by atoms with van der Waals surface area (Å²) in [5.41, 5.74) is 2.30. The maximum atomic E-state index is 5.68. The highest BCUT2D eigenvalue weighted by Gasteiger charge is 2.04. The maximum Gasteiger partial charge on any atom is 0.125 e. The Labute approximate surface area is 99.7 Å². The molecule has 1 aromatic carbocycles. The lowest BCUT2D eigenvalue weighted by atomic mass is 10.1. The molecule has 0 saturated carbocycles. The molecule has 1 rings (SSSR count). The van der Waals surface area contributed by atoms with Crippen molar-refractivity contribution in [2.75, 3.05) is 19.8 Å². The molecule has 0 aliphatic rings. The van der Waals surface area contributed by atoms with Crippen molar-refractivity contribution >= 4 is 15.9 Å². The fraction of sp³-hybridized carbons (Fsp3) is 0.500. The predicted molar refractivity (Wildman–Crippen MR) is 65.6 cm³/mol. The number of ether oxygens (including phenoxy) is 2. The maximum absolute atomic E-state index is 5.68. The van der Waals surface area contributed by atoms with Crippen molar-refractivity contribution in [1.29, 1.82) is 0 Å². The first kappa shape index (κ1) is 12.5. The van der Waals surface area contributed by atoms with Gasteiger partial charge in [-0.3, -0.25) is 0 Å². The topological polar surface area (TPSA) is 18.5 Å². The molecule has 0 spiro atoms. The minimum Gasteiger partial charge on any atom is -0.491 e. The zero-order chi connectivity index (χ0) is 11.3. The Morgan fingerprint density at radius 2 is 1.73 bits per heavy atom. The van der Waals surface area contributed by atoms with Gasteiger partial charge >= 0.3 is 0 Å². The van der Waals surface area contributed by atoms with Crippen LogP contribution in [-0.4, -0.2) is 19.8 Å². The normalized spacial score (nSPS) is 10.4. The molecular formula is C12H17BrO2. The van der Waals surface area contributed by atoms with Crippen LogP contribution in [0.15, 0.2) is 16.6 Å². The van der Waals surface area contributed by atoms with E-state index in [-0.39, 0.29) is 0 Å². The zero-order valence-corrected chi connectivity index (χ0v) is 11.1. The molecule has 2 nitrogen and oxygen atoms in total. The highest BCUT2D eigenvalue weighted by atomic mass is 79.9. The number of rotatable bonds is 5. The molecule has 1 aromatic rings. The van der Waals surface area contributed by atoms with Gasteiger partial charge in [0, 0.05) is 11.1 Å². The summed E-state index contributed by atoms with van der Waals surface area (Å²) >= 11 is 3.46. The smallest absolute Gasteiger partial charge is 0.125 e. The monoisotopic (exact) mass is 272 g/mol. The first-order chi connectivity index (χ1) is 7.15. The second kappa shape index (κ2) is 6.13. The van der Waals surface area contributed by atoms with Crippen LogP contribution in [0.5, 0.6) is 5.75 Å². The first-order valence-corrected chi connectivity index (χ1v) is 5.91. The SMILES string of the molecule is CCOCCOc1c(C)cc(Br)cc1C. The summed E-state index contributed by atoms with van der Waals surface area (Å²) in [5.74, 6) is 0.970. The Hall–Kier alpha value is -0.540. The van der Waals surface area contributed by atoms with Crippen LogP contribution in [0.25, 0.3) is 0 Å². The minimum atomic E-state index is 0.608. The third kappa shape index (κ3) is 3.84. The van der Waals surface area contributed by atoms with Crippen LogP contribution in [-0.2, 0) is 4.74 Å². The minimum absolute atomic E-state index is 0.608. The van der Waals surface area contributed by atoms with Gasteiger partial charge in [0.05, 0.1) is 6.61 Å². The van der Waals surface area contributed by atoms with Crippen LogP contribution in [0.4, 0.5) is 0 Å². The van der Waals surface area contributed by atoms with Crippen LogP contribution >= 0.6 is 15.9 Å². The Balaban J connectivity index is 2.60. The summed E-state index contributed by atoms with van der Waals surface area (Å²) in [7, 11) is 0. The summed E-state index contributed by atoms with van der Waals surface area (Å²) in [6.45, 7) is 8.07. The number of benzene rings is 1. The fourth-order valence-electron chi connectivity index (χ4n) is 1.47. The zero-order valence-electron chi connectivity index (χ0n) is 9.47. The molecule has 84 valence electrons. The van der Waals surface area contributed by atoms with Gasteiger partial charge in [-0.25, -0.2) is 0 Å². The van der Waals surface area contributed by atoms with Gasteiger partial charge in [-0.1, -0.05) is 15.9 Å². The number of halogens is 1. The lowest BCUT2D eigenvalue weighted by Crippen LogP contribution is -2.07. The van der Waals surface area contributed by atoms with Gasteiger partial charge in [0.15, 0.2) is 0 Å². The average Bonchev–Trinajstić information content (AvgIpc) is 2.15. The first-order valence-electron chi connectivity index (χ1n) is 5.12. The van der Waals surface area contributed by atoms with E-state index in [1.165, 1.54) is 0 Å². The number of aryl methyl sites for hydroxylation is 2. The van der Waals surface area contributed by atoms with Gasteiger partial charge < -0.3 is 9.47 Å². The molecule has 15 heavy (non-hydrogen) atoms. The van der Waals surface area contributed by atoms with E-state index in [9.17, 15) is 0 Å². The third-order valence-corrected chi connectivity index (χ3v) is 2.56. The molecule has 0 fully saturated rings. The molecule has 0 N–H and O–H groups in total. The highest BCUT2D eigenvalue weighted by molar-refractivity contribution is 9.10. The molecule has 0 unspecified atom stereocenters. The van der Waals surface area contributed by atoms with Crippen molar-refractivity contribution in [2.45, 2.75) is 20.8 Å². The van der Waals surface area contributed by atoms with E-state index in [1.807, 2.05) is 20.8 Å². The Morgan fingerprint density at radius 1 is 1.13 bits per heavy atom. The van der Waals surface area contributed by atoms with Gasteiger partial charge in [0.25, 0.3) is 0 Å². The molecule has 0 heterocycles. The van der Waals surface area contributed by atoms with Crippen LogP contribution in [0, 0.1) is 13.8 Å². The quantitative estimate of drug-likeness (QED) is 0.765. The molecule has 0 aliphatic heterocycles. The average molecular weight is 273 g/mol. The second-order valence-corrected chi connectivity index (χ2v) is 4.33. The highest BCUT2D eigenvalue weighted by Crippen LogP contribution is 2.27. The van der Waals surface area contributed by atoms with Crippen molar-refractivity contribution < 1.29 is 9.47 Å². The van der Waals surface area contributed by atoms with E-state index in [4.69, 9.17) is 9.47 Å². The van der Waals surface area contributed by atoms with E-state index < -0.39 is 0 Å². The van der Waals surface area contributed by atoms with Gasteiger partial charge in [-0.05, 0) is 44.0 Å². The molecule has 0 radical (unpaired) electrons. The number of hydrogen-bond donors (Lipinski definition) is 0. The second-order valence-electron chi connectivity index (χ2n) is 3.41. The van der Waals surface area contributed by atoms with E-state index in [0.717, 1.165) is 28.0 Å². The lowest BCUT2D eigenvalue weighted by molar-refractivity contribution is 0.109. The van der Waals surface area contributed by atoms with Crippen LogP contribution < -0.4 is 4.74 Å². The summed E-state index contributed by atoms with van der Waals surface area (Å²) in [6, 6.07) is 4.12. The van der Waals surface area contributed by atoms with Crippen molar-refractivity contribution in [1.82, 2.24) is 0 Å². The lowest BCUT2D eigenvalue weighted by Gasteiger charge is -2.12. The van der Waals surface area contributed by atoms with Gasteiger partial charge in [-0.2, -0.15) is 0 Å². The Bertz CT molecular complexity index is 300. The molecule has 0 saturated heterocycles. The predicted octanol–water partition coefficient (Wildman–Crippen LogP) is 3.48. The van der Waals surface area contributed by atoms with E-state index in [2.05, 4.69) is 28.1 Å². The Morgan fingerprint density at radius 3 is 2.27 bits per heavy atom. The summed E-state index contributed by atoms with van der Waals surface area (Å²) in [5, 5.41) is 0. The van der Waals surface area contributed by atoms with Gasteiger partial charge in [-0.15, -0.1) is 0 Å². The summed E-state index contributed by atoms with van der Waals surface area (Å²) in [6.07, 6.45) is 0. The van der Waals surface area contributed by atoms with E-state index >= 15 is 0 Å². The standard InChI is InChI=1S/C12H17BrO2/c1-4-14-5-6-15-12-9(2)7-11(13)8-10(12)3/h7-8H,4-6H2,1-3H3. The molecule has 0 amide bonds. The molecule has 3 heteroatoms. The molecule has 0 bridgehead atoms.